The molecule has 1 amide bonds. The van der Waals surface area contributed by atoms with E-state index in [1.54, 1.807) is 16.9 Å². The smallest absolute Gasteiger partial charge is 0.272 e. The lowest BCUT2D eigenvalue weighted by atomic mass is 9.82. The van der Waals surface area contributed by atoms with Crippen LogP contribution in [0, 0.1) is 0 Å². The Balaban J connectivity index is 1.31. The fraction of sp³-hybridized carbons (Fsp3) is 0.391. The molecular formula is C23H24FN7O. The number of rotatable bonds is 5. The zero-order valence-electron chi connectivity index (χ0n) is 17.7. The molecule has 2 aliphatic rings. The largest absolute Gasteiger partial charge is 0.350 e. The number of nitrogens with zero attached hydrogens (tertiary/aromatic N) is 6. The van der Waals surface area contributed by atoms with Gasteiger partial charge in [-0.25, -0.2) is 18.9 Å². The molecule has 9 heteroatoms. The maximum Gasteiger partial charge on any atom is 0.272 e. The summed E-state index contributed by atoms with van der Waals surface area (Å²) in [4.78, 5) is 23.6. The van der Waals surface area contributed by atoms with Crippen LogP contribution in [0.15, 0.2) is 43.0 Å². The number of pyridine rings is 1. The van der Waals surface area contributed by atoms with E-state index in [1.807, 2.05) is 39.9 Å². The maximum absolute atomic E-state index is 14.3. The highest BCUT2D eigenvalue weighted by molar-refractivity contribution is 5.93. The van der Waals surface area contributed by atoms with Gasteiger partial charge in [0.2, 0.25) is 5.95 Å². The number of hydrogen-bond donors (Lipinski definition) is 1. The van der Waals surface area contributed by atoms with E-state index >= 15 is 0 Å². The van der Waals surface area contributed by atoms with Crippen molar-refractivity contribution in [1.29, 1.82) is 0 Å². The summed E-state index contributed by atoms with van der Waals surface area (Å²) in [5, 5.41) is 7.50. The second kappa shape index (κ2) is 7.29. The van der Waals surface area contributed by atoms with E-state index in [0.717, 1.165) is 54.6 Å². The number of nitrogens with one attached hydrogen (secondary N) is 1. The van der Waals surface area contributed by atoms with Crippen LogP contribution < -0.4 is 5.32 Å². The summed E-state index contributed by atoms with van der Waals surface area (Å²) in [6, 6.07) is 5.86. The lowest BCUT2D eigenvalue weighted by Crippen LogP contribution is -2.39. The standard InChI is InChI=1S/C23H24FN7O/c24-23(7-3-8-23)15-27-22-26-12-18-17(6-11-31(18)28-22)16-4-5-20-25-13-19(30(20)14-16)21(32)29-9-1-2-10-29/h4-6,11-14H,1-3,7-10,15H2,(H,27,28). The van der Waals surface area contributed by atoms with E-state index in [-0.39, 0.29) is 12.5 Å². The van der Waals surface area contributed by atoms with Gasteiger partial charge in [0.1, 0.15) is 17.0 Å². The summed E-state index contributed by atoms with van der Waals surface area (Å²) in [6.45, 7) is 1.83. The highest BCUT2D eigenvalue weighted by Gasteiger charge is 2.36. The van der Waals surface area contributed by atoms with Crippen molar-refractivity contribution < 1.29 is 9.18 Å². The summed E-state index contributed by atoms with van der Waals surface area (Å²) in [6.07, 6.45) is 11.4. The van der Waals surface area contributed by atoms with Crippen molar-refractivity contribution >= 4 is 23.0 Å². The molecule has 0 radical (unpaired) electrons. The highest BCUT2D eigenvalue weighted by Crippen LogP contribution is 2.35. The van der Waals surface area contributed by atoms with Gasteiger partial charge in [-0.2, -0.15) is 0 Å². The topological polar surface area (TPSA) is 79.8 Å². The molecule has 0 bridgehead atoms. The monoisotopic (exact) mass is 433 g/mol. The van der Waals surface area contributed by atoms with Crippen LogP contribution >= 0.6 is 0 Å². The molecule has 4 aromatic rings. The summed E-state index contributed by atoms with van der Waals surface area (Å²) >= 11 is 0. The van der Waals surface area contributed by atoms with Crippen LogP contribution in [0.1, 0.15) is 42.6 Å². The van der Waals surface area contributed by atoms with Crippen molar-refractivity contribution in [3.8, 4) is 11.1 Å². The molecule has 6 rings (SSSR count). The Hall–Kier alpha value is -3.49. The lowest BCUT2D eigenvalue weighted by Gasteiger charge is -2.33. The van der Waals surface area contributed by atoms with Gasteiger partial charge in [0.05, 0.1) is 24.5 Å². The number of anilines is 1. The van der Waals surface area contributed by atoms with Crippen molar-refractivity contribution in [2.24, 2.45) is 0 Å². The summed E-state index contributed by atoms with van der Waals surface area (Å²) in [5.41, 5.74) is 2.90. The van der Waals surface area contributed by atoms with Crippen LogP contribution in [0.5, 0.6) is 0 Å². The summed E-state index contributed by atoms with van der Waals surface area (Å²) in [5.74, 6) is 0.428. The third-order valence-corrected chi connectivity index (χ3v) is 6.66. The van der Waals surface area contributed by atoms with Gasteiger partial charge in [0.15, 0.2) is 0 Å². The molecule has 0 aromatic carbocycles. The molecule has 1 saturated carbocycles. The summed E-state index contributed by atoms with van der Waals surface area (Å²) in [7, 11) is 0. The Kier molecular flexibility index (Phi) is 4.38. The van der Waals surface area contributed by atoms with Crippen LogP contribution in [0.4, 0.5) is 10.3 Å². The third-order valence-electron chi connectivity index (χ3n) is 6.66. The zero-order valence-corrected chi connectivity index (χ0v) is 17.7. The molecule has 32 heavy (non-hydrogen) atoms. The van der Waals surface area contributed by atoms with Crippen molar-refractivity contribution in [2.75, 3.05) is 25.0 Å². The molecule has 0 atom stereocenters. The predicted molar refractivity (Wildman–Crippen MR) is 118 cm³/mol. The first kappa shape index (κ1) is 19.2. The van der Waals surface area contributed by atoms with Gasteiger partial charge in [0, 0.05) is 36.6 Å². The lowest BCUT2D eigenvalue weighted by molar-refractivity contribution is 0.0779. The van der Waals surface area contributed by atoms with Crippen LogP contribution in [0.3, 0.4) is 0 Å². The van der Waals surface area contributed by atoms with Gasteiger partial charge in [-0.3, -0.25) is 9.20 Å². The molecule has 4 aromatic heterocycles. The molecule has 0 spiro atoms. The van der Waals surface area contributed by atoms with E-state index in [4.69, 9.17) is 0 Å². The number of carbonyl (C=O) groups is 1. The SMILES string of the molecule is O=C(c1cnc2ccc(-c3ccn4nc(NCC5(F)CCC5)ncc34)cn12)N1CCCC1. The first-order chi connectivity index (χ1) is 15.6. The first-order valence-electron chi connectivity index (χ1n) is 11.1. The molecule has 1 N–H and O–H groups in total. The van der Waals surface area contributed by atoms with E-state index in [0.29, 0.717) is 24.5 Å². The minimum Gasteiger partial charge on any atom is -0.350 e. The Bertz CT molecular complexity index is 1320. The molecule has 1 aliphatic carbocycles. The number of halogens is 1. The average molecular weight is 433 g/mol. The normalized spacial score (nSPS) is 17.7. The van der Waals surface area contributed by atoms with E-state index in [2.05, 4.69) is 20.4 Å². The zero-order chi connectivity index (χ0) is 21.7. The number of hydrogen-bond acceptors (Lipinski definition) is 5. The molecular weight excluding hydrogens is 409 g/mol. The minimum absolute atomic E-state index is 0.0186. The van der Waals surface area contributed by atoms with Crippen LogP contribution in [0.25, 0.3) is 22.3 Å². The molecule has 5 heterocycles. The Morgan fingerprint density at radius 3 is 2.72 bits per heavy atom. The number of alkyl halides is 1. The van der Waals surface area contributed by atoms with Gasteiger partial charge < -0.3 is 10.2 Å². The Morgan fingerprint density at radius 2 is 1.94 bits per heavy atom. The highest BCUT2D eigenvalue weighted by atomic mass is 19.1. The van der Waals surface area contributed by atoms with Crippen molar-refractivity contribution in [1.82, 2.24) is 28.9 Å². The second-order valence-corrected chi connectivity index (χ2v) is 8.79. The van der Waals surface area contributed by atoms with Crippen molar-refractivity contribution in [3.63, 3.8) is 0 Å². The van der Waals surface area contributed by atoms with Gasteiger partial charge in [-0.1, -0.05) is 0 Å². The van der Waals surface area contributed by atoms with Gasteiger partial charge >= 0.3 is 0 Å². The number of likely N-dealkylation sites (tertiary alicyclic amines) is 1. The first-order valence-corrected chi connectivity index (χ1v) is 11.1. The molecule has 0 unspecified atom stereocenters. The maximum atomic E-state index is 14.3. The third kappa shape index (κ3) is 3.19. The fourth-order valence-corrected chi connectivity index (χ4v) is 4.58. The van der Waals surface area contributed by atoms with E-state index in [9.17, 15) is 9.18 Å². The van der Waals surface area contributed by atoms with Gasteiger partial charge in [-0.05, 0) is 50.3 Å². The molecule has 1 aliphatic heterocycles. The number of amides is 1. The molecule has 1 saturated heterocycles. The number of carbonyl (C=O) groups excluding carboxylic acids is 1. The number of imidazole rings is 1. The second-order valence-electron chi connectivity index (χ2n) is 8.79. The van der Waals surface area contributed by atoms with Gasteiger partial charge in [0.25, 0.3) is 5.91 Å². The Morgan fingerprint density at radius 1 is 1.09 bits per heavy atom. The predicted octanol–water partition coefficient (Wildman–Crippen LogP) is 3.58. The molecule has 8 nitrogen and oxygen atoms in total. The summed E-state index contributed by atoms with van der Waals surface area (Å²) < 4.78 is 17.9. The van der Waals surface area contributed by atoms with Crippen LogP contribution in [-0.2, 0) is 0 Å². The van der Waals surface area contributed by atoms with Crippen LogP contribution in [-0.4, -0.2) is 60.1 Å². The fourth-order valence-electron chi connectivity index (χ4n) is 4.58. The minimum atomic E-state index is -1.13. The average Bonchev–Trinajstić information content (AvgIpc) is 3.54. The van der Waals surface area contributed by atoms with Crippen LogP contribution in [0.2, 0.25) is 0 Å². The number of fused-ring (bicyclic) bond motifs is 2. The molecule has 164 valence electrons. The van der Waals surface area contributed by atoms with Gasteiger partial charge in [-0.15, -0.1) is 5.10 Å². The molecule has 2 fully saturated rings. The van der Waals surface area contributed by atoms with E-state index in [1.165, 1.54) is 0 Å². The quantitative estimate of drug-likeness (QED) is 0.520. The van der Waals surface area contributed by atoms with E-state index < -0.39 is 5.67 Å². The number of aromatic nitrogens is 5. The van der Waals surface area contributed by atoms with Crippen molar-refractivity contribution in [2.45, 2.75) is 37.8 Å². The van der Waals surface area contributed by atoms with Crippen molar-refractivity contribution in [3.05, 3.63) is 48.7 Å². The Labute approximate surface area is 184 Å².